The minimum atomic E-state index is -1.02. The Bertz CT molecular complexity index is 536. The van der Waals surface area contributed by atoms with Crippen LogP contribution in [0.25, 0.3) is 0 Å². The van der Waals surface area contributed by atoms with Crippen molar-refractivity contribution < 1.29 is 9.52 Å². The minimum absolute atomic E-state index is 0.0248. The van der Waals surface area contributed by atoms with Gasteiger partial charge in [-0.15, -0.1) is 0 Å². The molecule has 2 heterocycles. The molecule has 5 heteroatoms. The monoisotopic (exact) mass is 277 g/mol. The lowest BCUT2D eigenvalue weighted by Gasteiger charge is -2.22. The first kappa shape index (κ1) is 14.8. The van der Waals surface area contributed by atoms with Crippen molar-refractivity contribution in [2.24, 2.45) is 0 Å². The van der Waals surface area contributed by atoms with Gasteiger partial charge in [-0.3, -0.25) is 5.10 Å². The second-order valence-corrected chi connectivity index (χ2v) is 6.37. The summed E-state index contributed by atoms with van der Waals surface area (Å²) in [6.07, 6.45) is 3.40. The van der Waals surface area contributed by atoms with Gasteiger partial charge >= 0.3 is 0 Å². The fraction of sp³-hybridized carbons (Fsp3) is 0.533. The molecule has 0 saturated heterocycles. The van der Waals surface area contributed by atoms with E-state index in [1.807, 2.05) is 6.20 Å². The highest BCUT2D eigenvalue weighted by atomic mass is 16.4. The van der Waals surface area contributed by atoms with Crippen LogP contribution in [0.3, 0.4) is 0 Å². The number of nitrogens with zero attached hydrogens (tertiary/aromatic N) is 1. The molecular weight excluding hydrogens is 254 g/mol. The molecule has 1 atom stereocenters. The lowest BCUT2D eigenvalue weighted by molar-refractivity contribution is 0.0340. The van der Waals surface area contributed by atoms with E-state index in [1.165, 1.54) is 0 Å². The van der Waals surface area contributed by atoms with Crippen molar-refractivity contribution in [2.75, 3.05) is 6.54 Å². The highest BCUT2D eigenvalue weighted by Crippen LogP contribution is 2.24. The Morgan fingerprint density at radius 3 is 2.70 bits per heavy atom. The molecule has 110 valence electrons. The van der Waals surface area contributed by atoms with E-state index >= 15 is 0 Å². The van der Waals surface area contributed by atoms with Crippen LogP contribution in [0.2, 0.25) is 0 Å². The molecular formula is C15H23N3O2. The zero-order valence-corrected chi connectivity index (χ0v) is 12.5. The Morgan fingerprint density at radius 1 is 1.35 bits per heavy atom. The second kappa shape index (κ2) is 5.42. The van der Waals surface area contributed by atoms with Crippen LogP contribution < -0.4 is 5.32 Å². The van der Waals surface area contributed by atoms with Crippen molar-refractivity contribution in [3.63, 3.8) is 0 Å². The molecule has 0 spiro atoms. The van der Waals surface area contributed by atoms with Gasteiger partial charge in [0.15, 0.2) is 0 Å². The number of aromatic nitrogens is 2. The molecule has 0 aliphatic rings. The molecule has 3 N–H and O–H groups in total. The molecule has 0 amide bonds. The van der Waals surface area contributed by atoms with Gasteiger partial charge in [0.1, 0.15) is 11.4 Å². The van der Waals surface area contributed by atoms with E-state index in [0.717, 1.165) is 11.3 Å². The van der Waals surface area contributed by atoms with Crippen LogP contribution >= 0.6 is 0 Å². The van der Waals surface area contributed by atoms with Crippen molar-refractivity contribution in [1.82, 2.24) is 15.5 Å². The SMILES string of the molecule is CC(C)(C)c1[nH]ncc1CNCC(C)(O)c1ccco1. The number of rotatable bonds is 5. The van der Waals surface area contributed by atoms with E-state index in [2.05, 4.69) is 36.3 Å². The standard InChI is InChI=1S/C15H23N3O2/c1-14(2,3)13-11(9-17-18-13)8-16-10-15(4,19)12-6-5-7-20-12/h5-7,9,16,19H,8,10H2,1-4H3,(H,17,18). The summed E-state index contributed by atoms with van der Waals surface area (Å²) in [4.78, 5) is 0. The van der Waals surface area contributed by atoms with Gasteiger partial charge in [-0.05, 0) is 19.1 Å². The fourth-order valence-corrected chi connectivity index (χ4v) is 2.21. The van der Waals surface area contributed by atoms with Crippen LogP contribution in [0, 0.1) is 0 Å². The van der Waals surface area contributed by atoms with Crippen molar-refractivity contribution in [3.8, 4) is 0 Å². The van der Waals surface area contributed by atoms with Gasteiger partial charge in [-0.25, -0.2) is 0 Å². The lowest BCUT2D eigenvalue weighted by atomic mass is 9.89. The zero-order valence-electron chi connectivity index (χ0n) is 12.5. The summed E-state index contributed by atoms with van der Waals surface area (Å²) in [5.74, 6) is 0.563. The smallest absolute Gasteiger partial charge is 0.136 e. The minimum Gasteiger partial charge on any atom is -0.466 e. The van der Waals surface area contributed by atoms with E-state index < -0.39 is 5.60 Å². The van der Waals surface area contributed by atoms with Crippen LogP contribution in [-0.4, -0.2) is 21.8 Å². The Balaban J connectivity index is 1.96. The molecule has 0 saturated carbocycles. The molecule has 2 aromatic rings. The topological polar surface area (TPSA) is 74.1 Å². The largest absolute Gasteiger partial charge is 0.466 e. The lowest BCUT2D eigenvalue weighted by Crippen LogP contribution is -2.35. The molecule has 0 aliphatic carbocycles. The molecule has 0 aromatic carbocycles. The van der Waals surface area contributed by atoms with Gasteiger partial charge in [0.2, 0.25) is 0 Å². The van der Waals surface area contributed by atoms with Gasteiger partial charge in [-0.1, -0.05) is 20.8 Å². The van der Waals surface area contributed by atoms with Crippen molar-refractivity contribution >= 4 is 0 Å². The third-order valence-electron chi connectivity index (χ3n) is 3.30. The molecule has 0 bridgehead atoms. The maximum atomic E-state index is 10.4. The van der Waals surface area contributed by atoms with Crippen LogP contribution in [0.4, 0.5) is 0 Å². The predicted molar refractivity (Wildman–Crippen MR) is 77.3 cm³/mol. The first-order valence-electron chi connectivity index (χ1n) is 6.80. The van der Waals surface area contributed by atoms with E-state index in [1.54, 1.807) is 25.3 Å². The Labute approximate surface area is 119 Å². The van der Waals surface area contributed by atoms with E-state index in [4.69, 9.17) is 4.42 Å². The highest BCUT2D eigenvalue weighted by Gasteiger charge is 2.26. The van der Waals surface area contributed by atoms with E-state index in [0.29, 0.717) is 18.8 Å². The van der Waals surface area contributed by atoms with E-state index in [-0.39, 0.29) is 5.41 Å². The predicted octanol–water partition coefficient (Wildman–Crippen LogP) is 2.30. The molecule has 1 unspecified atom stereocenters. The first-order chi connectivity index (χ1) is 9.31. The molecule has 20 heavy (non-hydrogen) atoms. The number of hydrogen-bond acceptors (Lipinski definition) is 4. The number of H-pyrrole nitrogens is 1. The third-order valence-corrected chi connectivity index (χ3v) is 3.30. The number of hydrogen-bond donors (Lipinski definition) is 3. The third kappa shape index (κ3) is 3.29. The van der Waals surface area contributed by atoms with Crippen molar-refractivity contribution in [1.29, 1.82) is 0 Å². The van der Waals surface area contributed by atoms with Gasteiger partial charge in [0.25, 0.3) is 0 Å². The number of nitrogens with one attached hydrogen (secondary N) is 2. The molecule has 2 aromatic heterocycles. The highest BCUT2D eigenvalue weighted by molar-refractivity contribution is 5.23. The van der Waals surface area contributed by atoms with Gasteiger partial charge in [0.05, 0.1) is 12.5 Å². The normalized spacial score (nSPS) is 15.2. The molecule has 0 radical (unpaired) electrons. The summed E-state index contributed by atoms with van der Waals surface area (Å²) in [5.41, 5.74) is 1.24. The van der Waals surface area contributed by atoms with Gasteiger partial charge < -0.3 is 14.8 Å². The number of aliphatic hydroxyl groups is 1. The number of aromatic amines is 1. The molecule has 0 fully saturated rings. The van der Waals surface area contributed by atoms with E-state index in [9.17, 15) is 5.11 Å². The summed E-state index contributed by atoms with van der Waals surface area (Å²) < 4.78 is 5.26. The van der Waals surface area contributed by atoms with Gasteiger partial charge in [-0.2, -0.15) is 5.10 Å². The zero-order chi connectivity index (χ0) is 14.8. The van der Waals surface area contributed by atoms with Crippen molar-refractivity contribution in [3.05, 3.63) is 41.6 Å². The van der Waals surface area contributed by atoms with Crippen LogP contribution in [0.5, 0.6) is 0 Å². The Kier molecular flexibility index (Phi) is 4.01. The maximum Gasteiger partial charge on any atom is 0.136 e. The molecule has 0 aliphatic heterocycles. The summed E-state index contributed by atoms with van der Waals surface area (Å²) in [6, 6.07) is 3.55. The van der Waals surface area contributed by atoms with Crippen LogP contribution in [-0.2, 0) is 17.6 Å². The summed E-state index contributed by atoms with van der Waals surface area (Å²) in [7, 11) is 0. The maximum absolute atomic E-state index is 10.4. The first-order valence-corrected chi connectivity index (χ1v) is 6.80. The summed E-state index contributed by atoms with van der Waals surface area (Å²) in [6.45, 7) is 9.23. The van der Waals surface area contributed by atoms with Gasteiger partial charge in [0, 0.05) is 29.8 Å². The van der Waals surface area contributed by atoms with Crippen LogP contribution in [0.1, 0.15) is 44.7 Å². The average Bonchev–Trinajstić information content (AvgIpc) is 2.98. The average molecular weight is 277 g/mol. The summed E-state index contributed by atoms with van der Waals surface area (Å²) in [5, 5.41) is 20.8. The molecule has 2 rings (SSSR count). The quantitative estimate of drug-likeness (QED) is 0.784. The number of furan rings is 1. The van der Waals surface area contributed by atoms with Crippen LogP contribution in [0.15, 0.2) is 29.0 Å². The Hall–Kier alpha value is -1.59. The Morgan fingerprint density at radius 2 is 2.10 bits per heavy atom. The summed E-state index contributed by atoms with van der Waals surface area (Å²) >= 11 is 0. The van der Waals surface area contributed by atoms with Crippen molar-refractivity contribution in [2.45, 2.75) is 45.3 Å². The second-order valence-electron chi connectivity index (χ2n) is 6.37. The molecule has 5 nitrogen and oxygen atoms in total. The fourth-order valence-electron chi connectivity index (χ4n) is 2.21.